The number of hydrogen-bond donors (Lipinski definition) is 5. The second kappa shape index (κ2) is 21.8. The molecule has 2 saturated heterocycles. The molecule has 4 aliphatic rings. The van der Waals surface area contributed by atoms with Crippen molar-refractivity contribution in [1.29, 1.82) is 0 Å². The molecule has 388 valence electrons. The number of hydrogen-bond acceptors (Lipinski definition) is 12. The summed E-state index contributed by atoms with van der Waals surface area (Å²) in [5.74, 6) is 2.00. The number of benzene rings is 2. The van der Waals surface area contributed by atoms with E-state index in [2.05, 4.69) is 30.1 Å². The van der Waals surface area contributed by atoms with Crippen LogP contribution in [0, 0.1) is 10.8 Å². The summed E-state index contributed by atoms with van der Waals surface area (Å²) in [7, 11) is -1.15. The topological polar surface area (TPSA) is 211 Å². The minimum Gasteiger partial charge on any atom is -0.444 e. The Labute approximate surface area is 444 Å². The van der Waals surface area contributed by atoms with Crippen molar-refractivity contribution in [3.05, 3.63) is 74.7 Å². The van der Waals surface area contributed by atoms with Gasteiger partial charge in [0.25, 0.3) is 0 Å². The average molecular weight is 1090 g/mol. The second-order valence-electron chi connectivity index (χ2n) is 21.5. The number of aromatic nitrogens is 5. The first-order chi connectivity index (χ1) is 34.1. The maximum atomic E-state index is 13.0. The molecule has 16 nitrogen and oxygen atoms in total. The van der Waals surface area contributed by atoms with E-state index >= 15 is 0 Å². The molecule has 2 aliphatic carbocycles. The zero-order valence-corrected chi connectivity index (χ0v) is 45.6. The van der Waals surface area contributed by atoms with Crippen molar-refractivity contribution in [1.82, 2.24) is 34.4 Å². The number of piperidine rings is 2. The maximum absolute atomic E-state index is 13.0. The van der Waals surface area contributed by atoms with Gasteiger partial charge in [0.2, 0.25) is 6.41 Å². The van der Waals surface area contributed by atoms with E-state index in [4.69, 9.17) is 77.6 Å². The third-order valence-corrected chi connectivity index (χ3v) is 18.0. The molecule has 2 aromatic carbocycles. The van der Waals surface area contributed by atoms with Gasteiger partial charge < -0.3 is 31.3 Å². The van der Waals surface area contributed by atoms with E-state index in [-0.39, 0.29) is 33.6 Å². The quantitative estimate of drug-likeness (QED) is 0.0827. The molecule has 3 aromatic heterocycles. The largest absolute Gasteiger partial charge is 0.444 e. The zero-order chi connectivity index (χ0) is 51.8. The van der Waals surface area contributed by atoms with Crippen LogP contribution in [0.1, 0.15) is 111 Å². The average Bonchev–Trinajstić information content (AvgIpc) is 4.06. The summed E-state index contributed by atoms with van der Waals surface area (Å²) >= 11 is 25.6. The van der Waals surface area contributed by atoms with Gasteiger partial charge in [0.15, 0.2) is 23.3 Å². The Morgan fingerprint density at radius 1 is 0.833 bits per heavy atom. The summed E-state index contributed by atoms with van der Waals surface area (Å²) < 4.78 is 23.5. The first-order valence-electron chi connectivity index (χ1n) is 24.7. The third kappa shape index (κ3) is 11.4. The fraction of sp³-hybridized carbons (Fsp3) is 0.529. The molecule has 21 heteroatoms. The number of carbonyl (C=O) groups is 2. The lowest BCUT2D eigenvalue weighted by Crippen LogP contribution is -2.51. The molecule has 5 aromatic rings. The SMILES string of the molecule is CC(C)(C)OC(=O)Nc1nc(N2CCC3(CCC[C@H]3NS(=O)C(C)(C)C)CC2)c(CNC=O)nc1-c1cccc(Cl)c1Cl.Nc1nc(N2CCC3(CCC[C@H]3N)CC2)c2cncn2c1-c1cccc(Cl)c1Cl. The number of amides is 2. The van der Waals surface area contributed by atoms with Crippen molar-refractivity contribution in [3.63, 3.8) is 0 Å². The number of rotatable bonds is 10. The number of halogens is 4. The van der Waals surface area contributed by atoms with Crippen molar-refractivity contribution < 1.29 is 18.5 Å². The van der Waals surface area contributed by atoms with Gasteiger partial charge in [0, 0.05) is 49.4 Å². The van der Waals surface area contributed by atoms with Gasteiger partial charge >= 0.3 is 6.09 Å². The van der Waals surface area contributed by atoms with Crippen LogP contribution in [0.5, 0.6) is 0 Å². The molecule has 5 heterocycles. The van der Waals surface area contributed by atoms with Gasteiger partial charge in [-0.05, 0) is 116 Å². The first-order valence-corrected chi connectivity index (χ1v) is 27.3. The Balaban J connectivity index is 0.000000207. The smallest absolute Gasteiger partial charge is 0.413 e. The number of nitrogen functional groups attached to an aromatic ring is 1. The Morgan fingerprint density at radius 3 is 2.04 bits per heavy atom. The Hall–Kier alpha value is -4.49. The number of carbonyl (C=O) groups excluding carboxylic acids is 2. The highest BCUT2D eigenvalue weighted by Crippen LogP contribution is 2.49. The molecule has 72 heavy (non-hydrogen) atoms. The van der Waals surface area contributed by atoms with Crippen LogP contribution in [0.2, 0.25) is 20.1 Å². The standard InChI is InChI=1S/C30H42Cl2N6O4S.C21H24Cl2N6/c1-28(2,3)42-27(40)36-25-24(19-9-7-10-20(31)23(19)32)34-21(17-33-18-39)26(35-25)38-15-13-30(14-16-38)12-8-11-22(30)37-43(41)29(4,5)6;22-14-4-1-3-13(17(14)23)18-19(25)27-20(15-11-26-12-29(15)18)28-9-7-21(8-10-28)6-2-5-16(21)24/h7,9-10,18,22,37H,8,11-17H2,1-6H3,(H,33,39)(H,35,36,40);1,3-4,11-12,16H,2,5-10,24-25H2/t22-,43?;16-/m11/s1. The van der Waals surface area contributed by atoms with Crippen molar-refractivity contribution in [2.75, 3.05) is 47.0 Å². The first kappa shape index (κ1) is 53.8. The molecule has 3 atom stereocenters. The van der Waals surface area contributed by atoms with Crippen LogP contribution in [-0.4, -0.2) is 89.7 Å². The predicted octanol–water partition coefficient (Wildman–Crippen LogP) is 10.6. The molecule has 2 spiro atoms. The molecule has 1 unspecified atom stereocenters. The monoisotopic (exact) mass is 1080 g/mol. The summed E-state index contributed by atoms with van der Waals surface area (Å²) in [5.41, 5.74) is 16.2. The Kier molecular flexibility index (Phi) is 16.3. The number of fused-ring (bicyclic) bond motifs is 1. The summed E-state index contributed by atoms with van der Waals surface area (Å²) in [6.07, 6.45) is 14.2. The normalized spacial score (nSPS) is 20.1. The summed E-state index contributed by atoms with van der Waals surface area (Å²) in [5, 5.41) is 7.01. The van der Waals surface area contributed by atoms with E-state index in [0.29, 0.717) is 80.3 Å². The second-order valence-corrected chi connectivity index (χ2v) is 25.0. The van der Waals surface area contributed by atoms with E-state index in [9.17, 15) is 13.8 Å². The molecule has 9 rings (SSSR count). The van der Waals surface area contributed by atoms with Crippen LogP contribution >= 0.6 is 46.4 Å². The molecule has 2 amide bonds. The molecule has 7 N–H and O–H groups in total. The van der Waals surface area contributed by atoms with E-state index in [1.54, 1.807) is 51.4 Å². The lowest BCUT2D eigenvalue weighted by atomic mass is 9.74. The van der Waals surface area contributed by atoms with Gasteiger partial charge in [-0.1, -0.05) is 83.5 Å². The van der Waals surface area contributed by atoms with Crippen LogP contribution in [0.15, 0.2) is 48.9 Å². The fourth-order valence-corrected chi connectivity index (χ4v) is 12.6. The molecular weight excluding hydrogens is 1020 g/mol. The third-order valence-electron chi connectivity index (χ3n) is 14.7. The van der Waals surface area contributed by atoms with Crippen LogP contribution < -0.4 is 36.6 Å². The van der Waals surface area contributed by atoms with Crippen molar-refractivity contribution in [2.45, 2.75) is 135 Å². The number of imidazole rings is 1. The minimum absolute atomic E-state index is 0.0396. The van der Waals surface area contributed by atoms with Gasteiger partial charge in [-0.2, -0.15) is 0 Å². The molecule has 2 aliphatic heterocycles. The summed E-state index contributed by atoms with van der Waals surface area (Å²) in [6.45, 7) is 14.6. The number of anilines is 4. The van der Waals surface area contributed by atoms with Crippen molar-refractivity contribution in [2.24, 2.45) is 16.6 Å². The number of nitrogens with one attached hydrogen (secondary N) is 3. The number of nitrogens with zero attached hydrogens (tertiary/aromatic N) is 7. The number of nitrogens with two attached hydrogens (primary N) is 2. The predicted molar refractivity (Wildman–Crippen MR) is 291 cm³/mol. The minimum atomic E-state index is -1.15. The van der Waals surface area contributed by atoms with Crippen LogP contribution in [0.25, 0.3) is 28.0 Å². The maximum Gasteiger partial charge on any atom is 0.413 e. The van der Waals surface area contributed by atoms with Gasteiger partial charge in [-0.25, -0.2) is 33.7 Å². The van der Waals surface area contributed by atoms with Gasteiger partial charge in [0.1, 0.15) is 22.5 Å². The Morgan fingerprint density at radius 2 is 1.43 bits per heavy atom. The molecule has 2 saturated carbocycles. The summed E-state index contributed by atoms with van der Waals surface area (Å²) in [4.78, 5) is 47.6. The van der Waals surface area contributed by atoms with Gasteiger partial charge in [0.05, 0.1) is 60.6 Å². The van der Waals surface area contributed by atoms with E-state index in [1.165, 1.54) is 12.8 Å². The van der Waals surface area contributed by atoms with Crippen LogP contribution in [-0.2, 0) is 27.1 Å². The highest BCUT2D eigenvalue weighted by molar-refractivity contribution is 7.84. The van der Waals surface area contributed by atoms with Crippen molar-refractivity contribution in [3.8, 4) is 22.5 Å². The Bertz CT molecular complexity index is 2820. The highest BCUT2D eigenvalue weighted by atomic mass is 35.5. The zero-order valence-electron chi connectivity index (χ0n) is 41.8. The van der Waals surface area contributed by atoms with Crippen LogP contribution in [0.3, 0.4) is 0 Å². The lowest BCUT2D eigenvalue weighted by Gasteiger charge is -2.44. The molecular formula is C51H66Cl4N12O4S. The molecule has 4 fully saturated rings. The van der Waals surface area contributed by atoms with E-state index in [1.807, 2.05) is 43.5 Å². The lowest BCUT2D eigenvalue weighted by molar-refractivity contribution is -0.109. The molecule has 0 bridgehead atoms. The number of ether oxygens (including phenoxy) is 1. The van der Waals surface area contributed by atoms with Crippen LogP contribution in [0.4, 0.5) is 28.1 Å². The molecule has 0 radical (unpaired) electrons. The fourth-order valence-electron chi connectivity index (χ4n) is 10.8. The van der Waals surface area contributed by atoms with Crippen molar-refractivity contribution >= 4 is 98.7 Å². The van der Waals surface area contributed by atoms with Gasteiger partial charge in [-0.15, -0.1) is 0 Å². The van der Waals surface area contributed by atoms with Gasteiger partial charge in [-0.3, -0.25) is 14.5 Å². The summed E-state index contributed by atoms with van der Waals surface area (Å²) in [6, 6.07) is 11.2. The van der Waals surface area contributed by atoms with E-state index < -0.39 is 22.7 Å². The highest BCUT2D eigenvalue weighted by Gasteiger charge is 2.47. The van der Waals surface area contributed by atoms with E-state index in [0.717, 1.165) is 81.4 Å².